The second-order valence-electron chi connectivity index (χ2n) is 13.8. The van der Waals surface area contributed by atoms with Gasteiger partial charge in [0.25, 0.3) is 0 Å². The van der Waals surface area contributed by atoms with Gasteiger partial charge in [0.1, 0.15) is 0 Å². The van der Waals surface area contributed by atoms with Gasteiger partial charge in [-0.15, -0.1) is 45.3 Å². The Hall–Kier alpha value is -5.64. The number of nitrogens with zero attached hydrogens (tertiary/aromatic N) is 2. The largest absolute Gasteiger partial charge is 0.278 e. The summed E-state index contributed by atoms with van der Waals surface area (Å²) in [5, 5.41) is 21.8. The molecule has 258 valence electrons. The third-order valence-corrected chi connectivity index (χ3v) is 15.1. The first-order valence-corrected chi connectivity index (χ1v) is 21.1. The van der Waals surface area contributed by atoms with Gasteiger partial charge in [-0.2, -0.15) is 10.2 Å². The first kappa shape index (κ1) is 31.8. The van der Waals surface area contributed by atoms with E-state index in [0.29, 0.717) is 0 Å². The maximum Gasteiger partial charge on any atom is 0.0999 e. The van der Waals surface area contributed by atoms with Crippen LogP contribution < -0.4 is 21.6 Å². The molecule has 8 heteroatoms. The van der Waals surface area contributed by atoms with E-state index in [0.717, 1.165) is 32.9 Å². The molecular formula is C46H30N4S4. The Morgan fingerprint density at radius 2 is 0.815 bits per heavy atom. The minimum atomic E-state index is 0.960. The van der Waals surface area contributed by atoms with Gasteiger partial charge < -0.3 is 0 Å². The molecule has 4 nitrogen and oxygen atoms in total. The zero-order chi connectivity index (χ0) is 35.9. The van der Waals surface area contributed by atoms with E-state index >= 15 is 0 Å². The number of fused-ring (bicyclic) bond motifs is 8. The van der Waals surface area contributed by atoms with E-state index < -0.39 is 0 Å². The van der Waals surface area contributed by atoms with Crippen molar-refractivity contribution in [2.45, 2.75) is 13.8 Å². The van der Waals surface area contributed by atoms with Crippen LogP contribution in [0, 0.1) is 13.8 Å². The van der Waals surface area contributed by atoms with E-state index in [1.54, 1.807) is 0 Å². The molecule has 54 heavy (non-hydrogen) atoms. The van der Waals surface area contributed by atoms with Crippen molar-refractivity contribution in [2.75, 3.05) is 10.9 Å². The molecular weight excluding hydrogens is 737 g/mol. The topological polar surface area (TPSA) is 48.8 Å². The van der Waals surface area contributed by atoms with Crippen molar-refractivity contribution in [1.82, 2.24) is 0 Å². The number of aryl methyl sites for hydroxylation is 2. The predicted octanol–water partition coefficient (Wildman–Crippen LogP) is 13.5. The van der Waals surface area contributed by atoms with Crippen molar-refractivity contribution in [3.05, 3.63) is 155 Å². The summed E-state index contributed by atoms with van der Waals surface area (Å²) in [5.41, 5.74) is 11.3. The molecule has 4 aromatic heterocycles. The highest BCUT2D eigenvalue weighted by Crippen LogP contribution is 2.45. The van der Waals surface area contributed by atoms with E-state index in [2.05, 4.69) is 122 Å². The Bertz CT molecular complexity index is 3130. The minimum absolute atomic E-state index is 0.960. The Labute approximate surface area is 326 Å². The number of para-hydroxylation sites is 2. The third-order valence-electron chi connectivity index (χ3n) is 10.1. The van der Waals surface area contributed by atoms with Crippen LogP contribution >= 0.6 is 45.3 Å². The van der Waals surface area contributed by atoms with Gasteiger partial charge in [-0.1, -0.05) is 71.8 Å². The molecule has 0 saturated carbocycles. The summed E-state index contributed by atoms with van der Waals surface area (Å²) in [6.45, 7) is 4.32. The van der Waals surface area contributed by atoms with Gasteiger partial charge in [-0.05, 0) is 97.4 Å². The van der Waals surface area contributed by atoms with Crippen LogP contribution in [-0.4, -0.2) is 0 Å². The molecule has 11 aromatic rings. The second-order valence-corrected chi connectivity index (χ2v) is 18.1. The Morgan fingerprint density at radius 3 is 1.26 bits per heavy atom. The monoisotopic (exact) mass is 766 g/mol. The molecule has 0 unspecified atom stereocenters. The Balaban J connectivity index is 1.16. The molecule has 0 saturated heterocycles. The van der Waals surface area contributed by atoms with Crippen LogP contribution in [0.15, 0.2) is 144 Å². The lowest BCUT2D eigenvalue weighted by atomic mass is 10.1. The fourth-order valence-corrected chi connectivity index (χ4v) is 12.1. The summed E-state index contributed by atoms with van der Waals surface area (Å²) in [4.78, 5) is 5.10. The molecule has 0 aliphatic carbocycles. The molecule has 4 heterocycles. The van der Waals surface area contributed by atoms with Crippen molar-refractivity contribution in [1.29, 1.82) is 0 Å². The Morgan fingerprint density at radius 1 is 0.389 bits per heavy atom. The fourth-order valence-electron chi connectivity index (χ4n) is 7.51. The highest BCUT2D eigenvalue weighted by Gasteiger charge is 2.21. The Kier molecular flexibility index (Phi) is 7.35. The smallest absolute Gasteiger partial charge is 0.0999 e. The highest BCUT2D eigenvalue weighted by atomic mass is 32.1. The lowest BCUT2D eigenvalue weighted by Crippen LogP contribution is -2.05. The van der Waals surface area contributed by atoms with Crippen molar-refractivity contribution in [2.24, 2.45) is 10.2 Å². The van der Waals surface area contributed by atoms with Crippen molar-refractivity contribution >= 4 is 119 Å². The van der Waals surface area contributed by atoms with Crippen molar-refractivity contribution in [3.63, 3.8) is 0 Å². The van der Waals surface area contributed by atoms with Gasteiger partial charge in [0.15, 0.2) is 0 Å². The molecule has 11 rings (SSSR count). The summed E-state index contributed by atoms with van der Waals surface area (Å²) < 4.78 is 5.11. The first-order valence-electron chi connectivity index (χ1n) is 17.8. The SMILES string of the molecule is Cc1ccc2sc(-c3cc4/c(=N\Nc5ccccc5)c5cc6c(cc5c4s3)/c(=N/Nc3ccccc3)c3cc(-c4cc5cc(C)ccc5s4)sc36)cc2c1. The van der Waals surface area contributed by atoms with Crippen LogP contribution in [0.3, 0.4) is 0 Å². The number of thiophene rings is 4. The number of hydrogen-bond donors (Lipinski definition) is 2. The number of hydrogen-bond acceptors (Lipinski definition) is 8. The van der Waals surface area contributed by atoms with Gasteiger partial charge >= 0.3 is 0 Å². The van der Waals surface area contributed by atoms with E-state index in [-0.39, 0.29) is 0 Å². The standard InChI is InChI=1S/C46H30N4S4/c1-25-13-15-37-27(17-25)19-39(51-37)41-23-35-43(49-47-29-9-5-3-6-10-29)31-22-34-32(21-33(31)45(35)53-41)44(50-48-30-11-7-4-8-12-30)36-24-42(54-46(34)36)40-20-28-18-26(2)14-16-38(28)52-40/h3-24,47-48H,1-2H3/b49-43-,50-44-. The molecule has 0 aliphatic heterocycles. The zero-order valence-corrected chi connectivity index (χ0v) is 32.5. The van der Waals surface area contributed by atoms with Crippen LogP contribution in [0.25, 0.3) is 81.4 Å². The van der Waals surface area contributed by atoms with Gasteiger partial charge in [0.05, 0.1) is 22.1 Å². The molecule has 0 bridgehead atoms. The molecule has 7 aromatic carbocycles. The number of anilines is 2. The minimum Gasteiger partial charge on any atom is -0.278 e. The van der Waals surface area contributed by atoms with Gasteiger partial charge in [-0.25, -0.2) is 0 Å². The summed E-state index contributed by atoms with van der Waals surface area (Å²) in [7, 11) is 0. The van der Waals surface area contributed by atoms with E-state index in [1.165, 1.54) is 81.8 Å². The molecule has 0 atom stereocenters. The molecule has 0 aliphatic rings. The van der Waals surface area contributed by atoms with Crippen molar-refractivity contribution < 1.29 is 0 Å². The maximum atomic E-state index is 5.14. The predicted molar refractivity (Wildman–Crippen MR) is 237 cm³/mol. The molecule has 0 spiro atoms. The number of rotatable bonds is 6. The lowest BCUT2D eigenvalue weighted by Gasteiger charge is -2.00. The average molecular weight is 767 g/mol. The van der Waals surface area contributed by atoms with Crippen LogP contribution in [-0.2, 0) is 0 Å². The van der Waals surface area contributed by atoms with Crippen LogP contribution in [0.5, 0.6) is 0 Å². The summed E-state index contributed by atoms with van der Waals surface area (Å²) in [5.74, 6) is 0. The van der Waals surface area contributed by atoms with Gasteiger partial charge in [0.2, 0.25) is 0 Å². The number of benzene rings is 5. The van der Waals surface area contributed by atoms with Gasteiger partial charge in [-0.3, -0.25) is 10.9 Å². The zero-order valence-electron chi connectivity index (χ0n) is 29.2. The number of nitrogens with one attached hydrogen (secondary N) is 2. The van der Waals surface area contributed by atoms with Crippen molar-refractivity contribution in [3.8, 4) is 19.5 Å². The lowest BCUT2D eigenvalue weighted by molar-refractivity contribution is 1.25. The highest BCUT2D eigenvalue weighted by molar-refractivity contribution is 7.29. The summed E-state index contributed by atoms with van der Waals surface area (Å²) in [6.07, 6.45) is 0. The third kappa shape index (κ3) is 5.28. The average Bonchev–Trinajstić information content (AvgIpc) is 4.04. The molecule has 0 fully saturated rings. The maximum absolute atomic E-state index is 5.14. The van der Waals surface area contributed by atoms with E-state index in [4.69, 9.17) is 10.2 Å². The normalized spacial score (nSPS) is 12.9. The quantitative estimate of drug-likeness (QED) is 0.166. The molecule has 0 amide bonds. The van der Waals surface area contributed by atoms with Crippen LogP contribution in [0.1, 0.15) is 11.1 Å². The summed E-state index contributed by atoms with van der Waals surface area (Å²) in [6, 6.07) is 48.0. The van der Waals surface area contributed by atoms with E-state index in [9.17, 15) is 0 Å². The van der Waals surface area contributed by atoms with E-state index in [1.807, 2.05) is 81.7 Å². The molecule has 2 N–H and O–H groups in total. The van der Waals surface area contributed by atoms with Gasteiger partial charge in [0, 0.05) is 70.6 Å². The summed E-state index contributed by atoms with van der Waals surface area (Å²) >= 11 is 7.43. The van der Waals surface area contributed by atoms with Crippen LogP contribution in [0.4, 0.5) is 11.4 Å². The fraction of sp³-hybridized carbons (Fsp3) is 0.0435. The second kappa shape index (κ2) is 12.5. The molecule has 0 radical (unpaired) electrons. The first-order chi connectivity index (χ1) is 26.5. The van der Waals surface area contributed by atoms with Crippen LogP contribution in [0.2, 0.25) is 0 Å².